The zero-order valence-electron chi connectivity index (χ0n) is 89.8. The van der Waals surface area contributed by atoms with Crippen LogP contribution in [0.2, 0.25) is 0 Å². The lowest BCUT2D eigenvalue weighted by Gasteiger charge is -2.37. The number of hydrogen-bond donors (Lipinski definition) is 1. The van der Waals surface area contributed by atoms with Gasteiger partial charge in [-0.05, 0) is 245 Å². The topological polar surface area (TPSA) is 428 Å². The second kappa shape index (κ2) is 50.8. The summed E-state index contributed by atoms with van der Waals surface area (Å²) < 4.78 is 223. The fraction of sp³-hybridized carbons (Fsp3) is 0.854. The molecule has 11 fully saturated rings. The highest BCUT2D eigenvalue weighted by Gasteiger charge is 2.74. The third-order valence-corrected chi connectivity index (χ3v) is 30.7. The summed E-state index contributed by atoms with van der Waals surface area (Å²) in [5, 5.41) is 29.1. The van der Waals surface area contributed by atoms with Crippen LogP contribution in [-0.2, 0) is 133 Å². The highest BCUT2D eigenvalue weighted by atomic mass is 19.4. The van der Waals surface area contributed by atoms with Crippen LogP contribution in [0.1, 0.15) is 342 Å². The molecule has 146 heavy (non-hydrogen) atoms. The van der Waals surface area contributed by atoms with Crippen molar-refractivity contribution in [2.45, 2.75) is 458 Å². The Morgan fingerprint density at radius 2 is 0.767 bits per heavy atom. The molecule has 31 nitrogen and oxygen atoms in total. The molecule has 5 aliphatic heterocycles. The van der Waals surface area contributed by atoms with Gasteiger partial charge in [-0.1, -0.05) is 89.5 Å². The zero-order chi connectivity index (χ0) is 113. The fourth-order valence-electron chi connectivity index (χ4n) is 16.6. The predicted molar refractivity (Wildman–Crippen MR) is 496 cm³/mol. The quantitative estimate of drug-likeness (QED) is 0.0250. The molecule has 11 rings (SSSR count). The fourth-order valence-corrected chi connectivity index (χ4v) is 16.6. The normalized spacial score (nSPS) is 28.2. The number of nitrogens with zero attached hydrogens (tertiary/aromatic N) is 2. The predicted octanol–water partition coefficient (Wildman–Crippen LogP) is 20.0. The van der Waals surface area contributed by atoms with Crippen LogP contribution in [0.25, 0.3) is 0 Å². The Morgan fingerprint density at radius 1 is 0.418 bits per heavy atom. The molecule has 0 amide bonds. The van der Waals surface area contributed by atoms with Crippen molar-refractivity contribution in [2.24, 2.45) is 89.7 Å². The van der Waals surface area contributed by atoms with Gasteiger partial charge in [0.2, 0.25) is 12.2 Å². The summed E-state index contributed by atoms with van der Waals surface area (Å²) in [6.45, 7) is 48.3. The molecular formula is C103H156F12N2O29. The van der Waals surface area contributed by atoms with Gasteiger partial charge in [0.1, 0.15) is 42.7 Å². The minimum atomic E-state index is -4.85. The summed E-state index contributed by atoms with van der Waals surface area (Å²) in [5.74, 6) is -8.58. The Labute approximate surface area is 848 Å². The monoisotopic (exact) mass is 2110 g/mol. The Kier molecular flexibility index (Phi) is 45.1. The van der Waals surface area contributed by atoms with Crippen LogP contribution in [0.15, 0.2) is 0 Å². The van der Waals surface area contributed by atoms with E-state index >= 15 is 0 Å². The third kappa shape index (κ3) is 32.8. The number of aliphatic hydroxyl groups is 1. The molecule has 1 N–H and O–H groups in total. The summed E-state index contributed by atoms with van der Waals surface area (Å²) in [7, 11) is 0. The van der Waals surface area contributed by atoms with E-state index in [-0.39, 0.29) is 90.2 Å². The van der Waals surface area contributed by atoms with Gasteiger partial charge in [0, 0.05) is 42.9 Å². The SMILES string of the molecule is CCC(C)(C(=O)OC(C)C(F)(F)F)C(=O)OC(C)C(F)(F)F.CCC(C)(C)C(=O)OC(C)C(F)(F)F.CCC(C)(C)C(=O)OC(C)C(F)(F)F.CCC(C)(C)C(=O)OC1C(=O)OC2C(OC3(O)CCCCC3)COC12.CCC(C)(C)C(=O)OC1C2CC3C1OC(=O)C3(C#N)C2.CCC(C)(C)C(=O)OC1CCC(C(C)(C)C)CC1.CCC(C)(C)C(=O)OC1CCOC1=O.CCC(C)C(=O)OC1C2CC3C1OC(=O)C3(C#N)C2. The summed E-state index contributed by atoms with van der Waals surface area (Å²) >= 11 is 0. The average molecular weight is 2110 g/mol. The largest absolute Gasteiger partial charge is 0.463 e. The van der Waals surface area contributed by atoms with E-state index in [1.165, 1.54) is 19.8 Å². The lowest BCUT2D eigenvalue weighted by molar-refractivity contribution is -0.255. The number of cyclic esters (lactones) is 1. The van der Waals surface area contributed by atoms with Crippen LogP contribution in [0.3, 0.4) is 0 Å². The van der Waals surface area contributed by atoms with Gasteiger partial charge in [-0.25, -0.2) is 9.59 Å². The van der Waals surface area contributed by atoms with Crippen molar-refractivity contribution in [3.63, 3.8) is 0 Å². The van der Waals surface area contributed by atoms with Crippen LogP contribution in [0.5, 0.6) is 0 Å². The molecule has 0 aromatic rings. The molecule has 6 aliphatic carbocycles. The molecular weight excluding hydrogens is 1960 g/mol. The van der Waals surface area contributed by atoms with E-state index in [1.54, 1.807) is 69.2 Å². The molecule has 20 atom stereocenters. The molecule has 0 spiro atoms. The number of fused-ring (bicyclic) bond motifs is 3. The number of ether oxygens (including phenoxy) is 15. The van der Waals surface area contributed by atoms with E-state index < -0.39 is 195 Å². The summed E-state index contributed by atoms with van der Waals surface area (Å²) in [4.78, 5) is 153. The lowest BCUT2D eigenvalue weighted by Crippen LogP contribution is -2.45. The Morgan fingerprint density at radius 3 is 1.10 bits per heavy atom. The number of halogens is 12. The van der Waals surface area contributed by atoms with Gasteiger partial charge in [0.15, 0.2) is 52.6 Å². The minimum absolute atomic E-state index is 0.0239. The van der Waals surface area contributed by atoms with Gasteiger partial charge in [-0.15, -0.1) is 0 Å². The number of alkyl halides is 12. The van der Waals surface area contributed by atoms with E-state index in [4.69, 9.17) is 52.1 Å². The minimum Gasteiger partial charge on any atom is -0.463 e. The Balaban J connectivity index is 0.000000350. The maximum atomic E-state index is 12.3. The maximum Gasteiger partial charge on any atom is 0.425 e. The zero-order valence-corrected chi connectivity index (χ0v) is 89.8. The van der Waals surface area contributed by atoms with Crippen LogP contribution in [0.4, 0.5) is 52.7 Å². The number of rotatable bonds is 28. The van der Waals surface area contributed by atoms with Crippen molar-refractivity contribution in [3.05, 3.63) is 0 Å². The van der Waals surface area contributed by atoms with Gasteiger partial charge in [0.25, 0.3) is 0 Å². The number of esters is 13. The van der Waals surface area contributed by atoms with Crippen LogP contribution >= 0.6 is 0 Å². The third-order valence-electron chi connectivity index (χ3n) is 30.7. The molecule has 0 aromatic heterocycles. The molecule has 20 unspecified atom stereocenters. The number of carbonyl (C=O) groups is 13. The standard InChI is InChI=1S/C18H28O7.C16H30O2.C15H19NO4.C14H17NO4.C12H16F6O4.C10H16O4.2C9H15F3O2/c1-4-17(2,3)16(20)24-14-13-12(23-15(14)19)11(10-22-13)25-18(21)8-6-5-7-9-18;1-7-16(5,6)14(17)18-13-10-8-12(9-11-13)15(2,3)4;1-4-14(2,3)12(17)19-10-8-5-9-11(10)20-13(18)15(9,6-8)7-16;1-3-7(2)12(16)18-10-8-4-9-11(10)19-13(17)14(9,5-8)6-15;1-5-10(4,8(19)21-6(2)11(13,14)15)9(20)22-7(3)12(16,17)18;1-4-10(2,3)9(12)14-7-5-6-13-8(7)11;2*1-5-8(3,4)7(13)14-6(2)9(10,11)12/h11-14,21H,4-10H2,1-3H3;12-13H,7-11H2,1-6H3;8-11H,4-6H2,1-3H3;7-11H,3-5H2,1-2H3;6-7H,5H2,1-4H3;7H,4-6H2,1-3H3;2*6H,5H2,1-4H3. The van der Waals surface area contributed by atoms with Gasteiger partial charge < -0.3 is 76.2 Å². The highest BCUT2D eigenvalue weighted by molar-refractivity contribution is 5.99. The Bertz CT molecular complexity index is 4470. The smallest absolute Gasteiger partial charge is 0.425 e. The molecule has 5 heterocycles. The highest BCUT2D eigenvalue weighted by Crippen LogP contribution is 2.64. The lowest BCUT2D eigenvalue weighted by atomic mass is 9.72. The van der Waals surface area contributed by atoms with E-state index in [9.17, 15) is 131 Å². The second-order valence-electron chi connectivity index (χ2n) is 44.9. The first-order valence-corrected chi connectivity index (χ1v) is 50.5. The summed E-state index contributed by atoms with van der Waals surface area (Å²) in [6, 6.07) is 4.29. The molecule has 6 saturated carbocycles. The van der Waals surface area contributed by atoms with E-state index in [0.29, 0.717) is 90.1 Å². The first-order chi connectivity index (χ1) is 66.7. The maximum absolute atomic E-state index is 12.3. The van der Waals surface area contributed by atoms with Gasteiger partial charge >= 0.3 is 102 Å². The molecule has 43 heteroatoms. The first kappa shape index (κ1) is 129. The molecule has 0 radical (unpaired) electrons. The molecule has 5 saturated heterocycles. The number of nitriles is 2. The molecule has 0 aromatic carbocycles. The van der Waals surface area contributed by atoms with Crippen LogP contribution in [-0.4, -0.2) is 212 Å². The number of hydrogen-bond acceptors (Lipinski definition) is 31. The Hall–Kier alpha value is -8.87. The van der Waals surface area contributed by atoms with Gasteiger partial charge in [0.05, 0.1) is 63.8 Å². The molecule has 836 valence electrons. The van der Waals surface area contributed by atoms with E-state index in [2.05, 4.69) is 51.9 Å². The van der Waals surface area contributed by atoms with Gasteiger partial charge in [-0.2, -0.15) is 63.2 Å². The van der Waals surface area contributed by atoms with Crippen molar-refractivity contribution in [1.82, 2.24) is 0 Å². The van der Waals surface area contributed by atoms with Crippen LogP contribution < -0.4 is 0 Å². The first-order valence-electron chi connectivity index (χ1n) is 50.5. The van der Waals surface area contributed by atoms with Gasteiger partial charge in [-0.3, -0.25) is 52.7 Å². The average Bonchev–Trinajstić information content (AvgIpc) is 1.54. The molecule has 4 bridgehead atoms. The number of carbonyl (C=O) groups excluding carboxylic acids is 13. The van der Waals surface area contributed by atoms with E-state index in [1.807, 2.05) is 69.2 Å². The van der Waals surface area contributed by atoms with Crippen LogP contribution in [0, 0.1) is 112 Å². The van der Waals surface area contributed by atoms with Crippen molar-refractivity contribution in [3.8, 4) is 12.1 Å². The summed E-state index contributed by atoms with van der Waals surface area (Å²) in [5.41, 5.74) is -7.60. The van der Waals surface area contributed by atoms with Crippen molar-refractivity contribution >= 4 is 77.6 Å². The van der Waals surface area contributed by atoms with Crippen molar-refractivity contribution in [2.75, 3.05) is 13.2 Å². The summed E-state index contributed by atoms with van der Waals surface area (Å²) in [6.07, 6.45) is -17.4. The van der Waals surface area contributed by atoms with Crippen molar-refractivity contribution in [1.29, 1.82) is 10.5 Å². The molecule has 11 aliphatic rings. The van der Waals surface area contributed by atoms with E-state index in [0.717, 1.165) is 84.5 Å². The second-order valence-corrected chi connectivity index (χ2v) is 44.9. The van der Waals surface area contributed by atoms with Crippen molar-refractivity contribution < 1.29 is 191 Å².